The molecule has 0 saturated carbocycles. The highest BCUT2D eigenvalue weighted by atomic mass is 19.1. The number of carbonyl (C=O) groups is 2. The largest absolute Gasteiger partial charge is 0.384 e. The monoisotopic (exact) mass is 359 g/mol. The molecule has 0 spiro atoms. The number of benzene rings is 1. The second-order valence-electron chi connectivity index (χ2n) is 5.76. The molecule has 138 valence electrons. The van der Waals surface area contributed by atoms with Crippen LogP contribution in [0.15, 0.2) is 42.6 Å². The third-order valence-corrected chi connectivity index (χ3v) is 3.62. The Bertz CT molecular complexity index is 734. The number of rotatable bonds is 7. The van der Waals surface area contributed by atoms with Gasteiger partial charge >= 0.3 is 6.03 Å². The first-order valence-electron chi connectivity index (χ1n) is 8.29. The van der Waals surface area contributed by atoms with E-state index in [0.29, 0.717) is 17.9 Å². The van der Waals surface area contributed by atoms with Crippen LogP contribution in [0.5, 0.6) is 0 Å². The van der Waals surface area contributed by atoms with E-state index >= 15 is 0 Å². The van der Waals surface area contributed by atoms with Gasteiger partial charge in [0.25, 0.3) is 0 Å². The third kappa shape index (κ3) is 6.04. The van der Waals surface area contributed by atoms with E-state index in [9.17, 15) is 14.0 Å². The summed E-state index contributed by atoms with van der Waals surface area (Å²) in [5, 5.41) is 8.00. The fourth-order valence-electron chi connectivity index (χ4n) is 2.26. The highest BCUT2D eigenvalue weighted by Gasteiger charge is 2.20. The first-order chi connectivity index (χ1) is 12.5. The average Bonchev–Trinajstić information content (AvgIpc) is 2.63. The number of nitrogens with two attached hydrogens (primary N) is 1. The van der Waals surface area contributed by atoms with Gasteiger partial charge in [0, 0.05) is 6.54 Å². The van der Waals surface area contributed by atoms with Gasteiger partial charge in [0.1, 0.15) is 17.7 Å². The summed E-state index contributed by atoms with van der Waals surface area (Å²) >= 11 is 0. The Kier molecular flexibility index (Phi) is 6.90. The summed E-state index contributed by atoms with van der Waals surface area (Å²) in [6, 6.07) is 7.86. The van der Waals surface area contributed by atoms with Crippen LogP contribution in [0.25, 0.3) is 0 Å². The quantitative estimate of drug-likeness (QED) is 0.608. The molecule has 0 aliphatic carbocycles. The van der Waals surface area contributed by atoms with Crippen molar-refractivity contribution in [2.45, 2.75) is 32.4 Å². The van der Waals surface area contributed by atoms with Crippen molar-refractivity contribution in [3.8, 4) is 0 Å². The van der Waals surface area contributed by atoms with Gasteiger partial charge in [-0.1, -0.05) is 25.5 Å². The second kappa shape index (κ2) is 9.36. The van der Waals surface area contributed by atoms with Crippen LogP contribution in [0.3, 0.4) is 0 Å². The fraction of sp³-hybridized carbons (Fsp3) is 0.278. The van der Waals surface area contributed by atoms with Crippen molar-refractivity contribution in [3.05, 3.63) is 54.0 Å². The minimum atomic E-state index is -0.689. The lowest BCUT2D eigenvalue weighted by Crippen LogP contribution is -2.47. The van der Waals surface area contributed by atoms with Gasteiger partial charge in [0.05, 0.1) is 11.9 Å². The molecule has 0 bridgehead atoms. The molecule has 2 rings (SSSR count). The molecule has 1 aromatic carbocycles. The molecule has 1 aromatic heterocycles. The Balaban J connectivity index is 1.88. The van der Waals surface area contributed by atoms with E-state index in [1.807, 2.05) is 6.92 Å². The van der Waals surface area contributed by atoms with Crippen molar-refractivity contribution >= 4 is 23.4 Å². The summed E-state index contributed by atoms with van der Waals surface area (Å²) in [4.78, 5) is 28.3. The molecule has 0 aliphatic rings. The lowest BCUT2D eigenvalue weighted by Gasteiger charge is -2.18. The number of hydrogen-bond donors (Lipinski definition) is 4. The maximum Gasteiger partial charge on any atom is 0.315 e. The standard InChI is InChI=1S/C18H22FN5O2/c1-2-3-15(17(25)23-14-8-9-16(20)21-11-14)24-18(26)22-10-12-4-6-13(19)7-5-12/h4-9,11,15H,2-3,10H2,1H3,(H2,20,21)(H,23,25)(H2,22,24,26). The zero-order valence-corrected chi connectivity index (χ0v) is 14.5. The van der Waals surface area contributed by atoms with Gasteiger partial charge in [-0.2, -0.15) is 0 Å². The average molecular weight is 359 g/mol. The van der Waals surface area contributed by atoms with Crippen LogP contribution >= 0.6 is 0 Å². The SMILES string of the molecule is CCCC(NC(=O)NCc1ccc(F)cc1)C(=O)Nc1ccc(N)nc1. The predicted octanol–water partition coefficient (Wildman–Crippen LogP) is 2.41. The maximum atomic E-state index is 12.9. The minimum Gasteiger partial charge on any atom is -0.384 e. The molecular formula is C18H22FN5O2. The summed E-state index contributed by atoms with van der Waals surface area (Å²) in [5.41, 5.74) is 6.77. The molecule has 1 atom stereocenters. The first kappa shape index (κ1) is 19.2. The van der Waals surface area contributed by atoms with Gasteiger partial charge in [-0.3, -0.25) is 4.79 Å². The van der Waals surface area contributed by atoms with E-state index in [1.54, 1.807) is 24.3 Å². The molecular weight excluding hydrogens is 337 g/mol. The predicted molar refractivity (Wildman–Crippen MR) is 97.7 cm³/mol. The smallest absolute Gasteiger partial charge is 0.315 e. The summed E-state index contributed by atoms with van der Waals surface area (Å²) in [6.45, 7) is 2.15. The highest BCUT2D eigenvalue weighted by Crippen LogP contribution is 2.09. The number of halogens is 1. The number of aromatic nitrogens is 1. The number of carbonyl (C=O) groups excluding carboxylic acids is 2. The summed E-state index contributed by atoms with van der Waals surface area (Å²) < 4.78 is 12.9. The van der Waals surface area contributed by atoms with Gasteiger partial charge in [-0.25, -0.2) is 14.2 Å². The number of nitrogens with zero attached hydrogens (tertiary/aromatic N) is 1. The Morgan fingerprint density at radius 1 is 1.19 bits per heavy atom. The van der Waals surface area contributed by atoms with Gasteiger partial charge in [0.15, 0.2) is 0 Å². The Morgan fingerprint density at radius 2 is 1.92 bits per heavy atom. The molecule has 0 radical (unpaired) electrons. The van der Waals surface area contributed by atoms with E-state index in [2.05, 4.69) is 20.9 Å². The van der Waals surface area contributed by atoms with Crippen molar-refractivity contribution in [2.24, 2.45) is 0 Å². The van der Waals surface area contributed by atoms with Crippen LogP contribution in [0.2, 0.25) is 0 Å². The summed E-state index contributed by atoms with van der Waals surface area (Å²) in [5.74, 6) is -0.322. The van der Waals surface area contributed by atoms with E-state index in [1.165, 1.54) is 18.3 Å². The molecule has 8 heteroatoms. The van der Waals surface area contributed by atoms with E-state index in [0.717, 1.165) is 12.0 Å². The maximum absolute atomic E-state index is 12.9. The molecule has 0 aliphatic heterocycles. The lowest BCUT2D eigenvalue weighted by molar-refractivity contribution is -0.118. The van der Waals surface area contributed by atoms with Crippen LogP contribution in [-0.4, -0.2) is 23.0 Å². The number of amides is 3. The topological polar surface area (TPSA) is 109 Å². The number of hydrogen-bond acceptors (Lipinski definition) is 4. The molecule has 3 amide bonds. The van der Waals surface area contributed by atoms with Crippen LogP contribution in [0.1, 0.15) is 25.3 Å². The van der Waals surface area contributed by atoms with Gasteiger partial charge in [-0.15, -0.1) is 0 Å². The van der Waals surface area contributed by atoms with Crippen LogP contribution in [0.4, 0.5) is 20.7 Å². The number of urea groups is 1. The Labute approximate surface area is 151 Å². The molecule has 1 heterocycles. The number of nitrogens with one attached hydrogen (secondary N) is 3. The summed E-state index contributed by atoms with van der Waals surface area (Å²) in [7, 11) is 0. The van der Waals surface area contributed by atoms with Crippen LogP contribution in [-0.2, 0) is 11.3 Å². The first-order valence-corrected chi connectivity index (χ1v) is 8.29. The van der Waals surface area contributed by atoms with E-state index < -0.39 is 12.1 Å². The van der Waals surface area contributed by atoms with Gasteiger partial charge in [0.2, 0.25) is 5.91 Å². The Morgan fingerprint density at radius 3 is 2.54 bits per heavy atom. The van der Waals surface area contributed by atoms with E-state index in [-0.39, 0.29) is 18.3 Å². The van der Waals surface area contributed by atoms with Gasteiger partial charge < -0.3 is 21.7 Å². The van der Waals surface area contributed by atoms with Crippen molar-refractivity contribution in [2.75, 3.05) is 11.1 Å². The molecule has 0 fully saturated rings. The zero-order valence-electron chi connectivity index (χ0n) is 14.5. The van der Waals surface area contributed by atoms with Crippen LogP contribution < -0.4 is 21.7 Å². The van der Waals surface area contributed by atoms with Crippen LogP contribution in [0, 0.1) is 5.82 Å². The third-order valence-electron chi connectivity index (χ3n) is 3.62. The van der Waals surface area contributed by atoms with Crippen molar-refractivity contribution in [1.82, 2.24) is 15.6 Å². The Hall–Kier alpha value is -3.16. The lowest BCUT2D eigenvalue weighted by atomic mass is 10.1. The second-order valence-corrected chi connectivity index (χ2v) is 5.76. The van der Waals surface area contributed by atoms with E-state index in [4.69, 9.17) is 5.73 Å². The summed E-state index contributed by atoms with van der Waals surface area (Å²) in [6.07, 6.45) is 2.65. The fourth-order valence-corrected chi connectivity index (χ4v) is 2.26. The molecule has 5 N–H and O–H groups in total. The minimum absolute atomic E-state index is 0.231. The molecule has 26 heavy (non-hydrogen) atoms. The van der Waals surface area contributed by atoms with Gasteiger partial charge in [-0.05, 0) is 36.2 Å². The number of anilines is 2. The van der Waals surface area contributed by atoms with Crippen molar-refractivity contribution in [1.29, 1.82) is 0 Å². The normalized spacial score (nSPS) is 11.5. The molecule has 0 saturated heterocycles. The molecule has 7 nitrogen and oxygen atoms in total. The zero-order chi connectivity index (χ0) is 18.9. The number of nitrogen functional groups attached to an aromatic ring is 1. The van der Waals surface area contributed by atoms with Crippen molar-refractivity contribution < 1.29 is 14.0 Å². The molecule has 1 unspecified atom stereocenters. The molecule has 2 aromatic rings. The highest BCUT2D eigenvalue weighted by molar-refractivity contribution is 5.96. The number of pyridine rings is 1. The van der Waals surface area contributed by atoms with Crippen molar-refractivity contribution in [3.63, 3.8) is 0 Å².